The third-order valence-electron chi connectivity index (χ3n) is 2.45. The fourth-order valence-electron chi connectivity index (χ4n) is 1.44. The van der Waals surface area contributed by atoms with E-state index in [0.29, 0.717) is 10.6 Å². The van der Waals surface area contributed by atoms with Crippen LogP contribution in [0.15, 0.2) is 35.7 Å². The van der Waals surface area contributed by atoms with E-state index in [9.17, 15) is 4.79 Å². The molecule has 1 heterocycles. The van der Waals surface area contributed by atoms with Gasteiger partial charge in [0.2, 0.25) is 0 Å². The molecule has 0 radical (unpaired) electrons. The van der Waals surface area contributed by atoms with Crippen molar-refractivity contribution in [2.45, 2.75) is 17.3 Å². The van der Waals surface area contributed by atoms with Crippen molar-refractivity contribution in [3.8, 4) is 0 Å². The molecule has 0 aliphatic heterocycles. The number of carbonyl (C=O) groups excluding carboxylic acids is 1. The minimum Gasteiger partial charge on any atom is -0.312 e. The van der Waals surface area contributed by atoms with Gasteiger partial charge in [-0.25, -0.2) is 0 Å². The normalized spacial score (nSPS) is 12.4. The van der Waals surface area contributed by atoms with Gasteiger partial charge in [0.05, 0.1) is 5.25 Å². The number of benzene rings is 1. The first-order valence-corrected chi connectivity index (χ1v) is 6.64. The Hall–Kier alpha value is -1.33. The van der Waals surface area contributed by atoms with Crippen molar-refractivity contribution in [3.63, 3.8) is 0 Å². The van der Waals surface area contributed by atoms with Gasteiger partial charge in [-0.3, -0.25) is 4.79 Å². The van der Waals surface area contributed by atoms with E-state index < -0.39 is 0 Å². The highest BCUT2D eigenvalue weighted by atomic mass is 35.5. The molecule has 1 atom stereocenters. The average Bonchev–Trinajstić information content (AvgIpc) is 2.75. The molecular weight excluding hydrogens is 270 g/mol. The number of Topliss-reactive ketones (excluding diaryl/α,β-unsaturated/α-hetero) is 1. The molecule has 0 saturated heterocycles. The number of thioether (sulfide) groups is 1. The van der Waals surface area contributed by atoms with Crippen molar-refractivity contribution in [2.24, 2.45) is 7.05 Å². The largest absolute Gasteiger partial charge is 0.312 e. The number of carbonyl (C=O) groups is 1. The topological polar surface area (TPSA) is 47.8 Å². The Labute approximate surface area is 114 Å². The molecule has 2 rings (SSSR count). The average molecular weight is 282 g/mol. The molecule has 0 amide bonds. The molecule has 0 bridgehead atoms. The van der Waals surface area contributed by atoms with Gasteiger partial charge in [-0.1, -0.05) is 23.4 Å². The van der Waals surface area contributed by atoms with E-state index in [2.05, 4.69) is 10.2 Å². The van der Waals surface area contributed by atoms with E-state index in [4.69, 9.17) is 11.6 Å². The summed E-state index contributed by atoms with van der Waals surface area (Å²) in [6.07, 6.45) is 1.61. The molecule has 94 valence electrons. The quantitative estimate of drug-likeness (QED) is 0.639. The van der Waals surface area contributed by atoms with Gasteiger partial charge in [-0.2, -0.15) is 0 Å². The Morgan fingerprint density at radius 2 is 2.06 bits per heavy atom. The number of hydrogen-bond donors (Lipinski definition) is 0. The highest BCUT2D eigenvalue weighted by Crippen LogP contribution is 2.23. The van der Waals surface area contributed by atoms with E-state index in [1.165, 1.54) is 11.8 Å². The van der Waals surface area contributed by atoms with Crippen LogP contribution in [-0.4, -0.2) is 25.8 Å². The molecule has 0 spiro atoms. The lowest BCUT2D eigenvalue weighted by molar-refractivity contribution is 0.0994. The SMILES string of the molecule is C[C@H](Sc1nncn1C)C(=O)c1ccc(Cl)cc1. The van der Waals surface area contributed by atoms with Crippen LogP contribution in [0.5, 0.6) is 0 Å². The Morgan fingerprint density at radius 1 is 1.39 bits per heavy atom. The van der Waals surface area contributed by atoms with Gasteiger partial charge in [0.15, 0.2) is 10.9 Å². The summed E-state index contributed by atoms with van der Waals surface area (Å²) in [5.41, 5.74) is 0.654. The van der Waals surface area contributed by atoms with Crippen LogP contribution in [0, 0.1) is 0 Å². The second kappa shape index (κ2) is 5.54. The molecular formula is C12H12ClN3OS. The zero-order valence-corrected chi connectivity index (χ0v) is 11.6. The first kappa shape index (κ1) is 13.1. The van der Waals surface area contributed by atoms with E-state index in [-0.39, 0.29) is 11.0 Å². The number of hydrogen-bond acceptors (Lipinski definition) is 4. The number of aryl methyl sites for hydroxylation is 1. The fourth-order valence-corrected chi connectivity index (χ4v) is 2.43. The third-order valence-corrected chi connectivity index (χ3v) is 3.85. The summed E-state index contributed by atoms with van der Waals surface area (Å²) in [7, 11) is 1.85. The van der Waals surface area contributed by atoms with Gasteiger partial charge in [0, 0.05) is 17.6 Å². The highest BCUT2D eigenvalue weighted by molar-refractivity contribution is 8.00. The van der Waals surface area contributed by atoms with Crippen molar-refractivity contribution in [2.75, 3.05) is 0 Å². The Morgan fingerprint density at radius 3 is 2.61 bits per heavy atom. The minimum atomic E-state index is -0.214. The van der Waals surface area contributed by atoms with Crippen molar-refractivity contribution < 1.29 is 4.79 Å². The number of aromatic nitrogens is 3. The van der Waals surface area contributed by atoms with Gasteiger partial charge < -0.3 is 4.57 Å². The lowest BCUT2D eigenvalue weighted by Gasteiger charge is -2.09. The molecule has 0 aliphatic carbocycles. The van der Waals surface area contributed by atoms with Crippen LogP contribution in [0.1, 0.15) is 17.3 Å². The predicted octanol–water partition coefficient (Wildman–Crippen LogP) is 2.83. The zero-order chi connectivity index (χ0) is 13.1. The highest BCUT2D eigenvalue weighted by Gasteiger charge is 2.18. The van der Waals surface area contributed by atoms with Crippen LogP contribution in [0.3, 0.4) is 0 Å². The Kier molecular flexibility index (Phi) is 4.04. The minimum absolute atomic E-state index is 0.0552. The second-order valence-corrected chi connectivity index (χ2v) is 5.60. The summed E-state index contributed by atoms with van der Waals surface area (Å²) in [4.78, 5) is 12.2. The van der Waals surface area contributed by atoms with Crippen LogP contribution in [0.2, 0.25) is 5.02 Å². The second-order valence-electron chi connectivity index (χ2n) is 3.86. The zero-order valence-electron chi connectivity index (χ0n) is 10.0. The lowest BCUT2D eigenvalue weighted by atomic mass is 10.1. The van der Waals surface area contributed by atoms with Crippen LogP contribution in [0.4, 0.5) is 0 Å². The van der Waals surface area contributed by atoms with Crippen LogP contribution < -0.4 is 0 Å². The predicted molar refractivity (Wildman–Crippen MR) is 72.1 cm³/mol. The molecule has 0 unspecified atom stereocenters. The van der Waals surface area contributed by atoms with Gasteiger partial charge in [-0.15, -0.1) is 10.2 Å². The summed E-state index contributed by atoms with van der Waals surface area (Å²) in [5, 5.41) is 8.87. The van der Waals surface area contributed by atoms with E-state index in [0.717, 1.165) is 5.16 Å². The standard InChI is InChI=1S/C12H12ClN3OS/c1-8(18-12-15-14-7-16(12)2)11(17)9-3-5-10(13)6-4-9/h3-8H,1-2H3/t8-/m0/s1. The smallest absolute Gasteiger partial charge is 0.191 e. The molecule has 4 nitrogen and oxygen atoms in total. The Bertz CT molecular complexity index is 553. The summed E-state index contributed by atoms with van der Waals surface area (Å²) in [6.45, 7) is 1.86. The molecule has 1 aromatic carbocycles. The first-order chi connectivity index (χ1) is 8.58. The summed E-state index contributed by atoms with van der Waals surface area (Å²) in [6, 6.07) is 6.90. The molecule has 18 heavy (non-hydrogen) atoms. The summed E-state index contributed by atoms with van der Waals surface area (Å²) >= 11 is 7.18. The summed E-state index contributed by atoms with van der Waals surface area (Å²) < 4.78 is 1.79. The van der Waals surface area contributed by atoms with Gasteiger partial charge in [0.1, 0.15) is 6.33 Å². The van der Waals surface area contributed by atoms with E-state index >= 15 is 0 Å². The monoisotopic (exact) mass is 281 g/mol. The first-order valence-electron chi connectivity index (χ1n) is 5.38. The number of halogens is 1. The molecule has 0 saturated carbocycles. The number of ketones is 1. The summed E-state index contributed by atoms with van der Waals surface area (Å²) in [5.74, 6) is 0.0552. The van der Waals surface area contributed by atoms with Crippen molar-refractivity contribution in [1.82, 2.24) is 14.8 Å². The van der Waals surface area contributed by atoms with E-state index in [1.807, 2.05) is 14.0 Å². The van der Waals surface area contributed by atoms with Crippen molar-refractivity contribution in [3.05, 3.63) is 41.2 Å². The maximum absolute atomic E-state index is 12.2. The lowest BCUT2D eigenvalue weighted by Crippen LogP contribution is -2.14. The third kappa shape index (κ3) is 2.91. The number of rotatable bonds is 4. The van der Waals surface area contributed by atoms with Gasteiger partial charge in [0.25, 0.3) is 0 Å². The van der Waals surface area contributed by atoms with Crippen LogP contribution >= 0.6 is 23.4 Å². The van der Waals surface area contributed by atoms with E-state index in [1.54, 1.807) is 35.2 Å². The molecule has 1 aromatic heterocycles. The number of nitrogens with zero attached hydrogens (tertiary/aromatic N) is 3. The Balaban J connectivity index is 2.09. The molecule has 0 N–H and O–H groups in total. The van der Waals surface area contributed by atoms with Gasteiger partial charge in [-0.05, 0) is 31.2 Å². The molecule has 6 heteroatoms. The van der Waals surface area contributed by atoms with Crippen LogP contribution in [-0.2, 0) is 7.05 Å². The van der Waals surface area contributed by atoms with Crippen LogP contribution in [0.25, 0.3) is 0 Å². The van der Waals surface area contributed by atoms with Gasteiger partial charge >= 0.3 is 0 Å². The maximum Gasteiger partial charge on any atom is 0.191 e. The maximum atomic E-state index is 12.2. The molecule has 0 fully saturated rings. The fraction of sp³-hybridized carbons (Fsp3) is 0.250. The van der Waals surface area contributed by atoms with Crippen molar-refractivity contribution in [1.29, 1.82) is 0 Å². The molecule has 2 aromatic rings. The van der Waals surface area contributed by atoms with Crippen molar-refractivity contribution >= 4 is 29.1 Å². The molecule has 0 aliphatic rings.